The molecule has 0 unspecified atom stereocenters. The molecule has 0 aliphatic heterocycles. The van der Waals surface area contributed by atoms with Gasteiger partial charge in [0.15, 0.2) is 0 Å². The zero-order valence-electron chi connectivity index (χ0n) is 24.0. The number of aromatic nitrogens is 3. The second-order valence-electron chi connectivity index (χ2n) is 10.5. The van der Waals surface area contributed by atoms with Gasteiger partial charge in [-0.2, -0.15) is 24.3 Å². The van der Waals surface area contributed by atoms with E-state index in [1.165, 1.54) is 0 Å². The third kappa shape index (κ3) is 5.57. The summed E-state index contributed by atoms with van der Waals surface area (Å²) >= 11 is 0. The summed E-state index contributed by atoms with van der Waals surface area (Å²) in [6.45, 7) is 0. The van der Waals surface area contributed by atoms with Crippen molar-refractivity contribution in [2.24, 2.45) is 0 Å². The SMILES string of the molecule is [Pt+2].[c-]1c(Oc2cc(-c3ccccc3)ccn2)cccc1-c1[c-]c2c(cc1)c1ccccc1n2-c1cccc(-c2ccccc2)n1. The van der Waals surface area contributed by atoms with Gasteiger partial charge in [0.1, 0.15) is 5.82 Å². The van der Waals surface area contributed by atoms with E-state index in [2.05, 4.69) is 94.5 Å². The molecule has 0 N–H and O–H groups in total. The van der Waals surface area contributed by atoms with E-state index in [4.69, 9.17) is 9.72 Å². The summed E-state index contributed by atoms with van der Waals surface area (Å²) in [5.74, 6) is 1.95. The molecule has 0 amide bonds. The number of benzene rings is 5. The van der Waals surface area contributed by atoms with Crippen LogP contribution in [0.25, 0.3) is 61.1 Å². The van der Waals surface area contributed by atoms with Gasteiger partial charge in [-0.05, 0) is 46.3 Å². The topological polar surface area (TPSA) is 39.9 Å². The standard InChI is InChI=1S/C40H25N3O.Pt/c1-3-11-28(12-4-1)32-23-24-41-40(27-32)44-33-16-9-15-30(25-33)31-21-22-35-34-17-7-8-19-37(34)43(38(35)26-31)39-20-10-18-36(42-39)29-13-5-2-6-14-29;/h1-24,27H;/q-2;+2. The van der Waals surface area contributed by atoms with Crippen LogP contribution < -0.4 is 4.74 Å². The molecule has 0 aliphatic carbocycles. The molecule has 5 aromatic carbocycles. The molecule has 0 spiro atoms. The van der Waals surface area contributed by atoms with E-state index in [0.717, 1.165) is 61.1 Å². The average molecular weight is 759 g/mol. The zero-order valence-corrected chi connectivity index (χ0v) is 26.3. The Morgan fingerprint density at radius 3 is 2.13 bits per heavy atom. The number of nitrogens with zero attached hydrogens (tertiary/aromatic N) is 3. The Labute approximate surface area is 275 Å². The fraction of sp³-hybridized carbons (Fsp3) is 0. The van der Waals surface area contributed by atoms with E-state index in [9.17, 15) is 0 Å². The minimum absolute atomic E-state index is 0. The van der Waals surface area contributed by atoms with Crippen LogP contribution in [0.4, 0.5) is 0 Å². The first kappa shape index (κ1) is 28.5. The summed E-state index contributed by atoms with van der Waals surface area (Å²) < 4.78 is 8.39. The Bertz CT molecular complexity index is 2260. The maximum absolute atomic E-state index is 6.19. The molecule has 216 valence electrons. The Morgan fingerprint density at radius 1 is 0.556 bits per heavy atom. The van der Waals surface area contributed by atoms with Gasteiger partial charge >= 0.3 is 21.1 Å². The second kappa shape index (κ2) is 12.4. The number of fused-ring (bicyclic) bond motifs is 3. The van der Waals surface area contributed by atoms with Crippen molar-refractivity contribution in [3.05, 3.63) is 164 Å². The fourth-order valence-corrected chi connectivity index (χ4v) is 5.66. The van der Waals surface area contributed by atoms with Gasteiger partial charge < -0.3 is 9.30 Å². The molecular formula is C40H25N3OPt. The molecule has 0 saturated carbocycles. The number of para-hydroxylation sites is 1. The molecule has 0 fully saturated rings. The van der Waals surface area contributed by atoms with Crippen molar-refractivity contribution in [1.29, 1.82) is 0 Å². The smallest absolute Gasteiger partial charge is 0.460 e. The first-order chi connectivity index (χ1) is 21.8. The van der Waals surface area contributed by atoms with Crippen LogP contribution in [0.5, 0.6) is 11.6 Å². The molecular weight excluding hydrogens is 734 g/mol. The van der Waals surface area contributed by atoms with E-state index in [0.29, 0.717) is 11.6 Å². The summed E-state index contributed by atoms with van der Waals surface area (Å²) in [6, 6.07) is 56.3. The zero-order chi connectivity index (χ0) is 29.3. The van der Waals surface area contributed by atoms with Gasteiger partial charge in [0.25, 0.3) is 0 Å². The minimum Gasteiger partial charge on any atom is -0.460 e. The Balaban J connectivity index is 0.00000325. The van der Waals surface area contributed by atoms with Crippen LogP contribution in [0.2, 0.25) is 0 Å². The number of ether oxygens (including phenoxy) is 1. The third-order valence-corrected chi connectivity index (χ3v) is 7.73. The molecule has 0 atom stereocenters. The Morgan fingerprint density at radius 2 is 1.29 bits per heavy atom. The summed E-state index contributed by atoms with van der Waals surface area (Å²) in [5, 5.41) is 2.27. The van der Waals surface area contributed by atoms with Crippen LogP contribution in [0.3, 0.4) is 0 Å². The van der Waals surface area contributed by atoms with Crippen molar-refractivity contribution < 1.29 is 25.8 Å². The number of hydrogen-bond donors (Lipinski definition) is 0. The van der Waals surface area contributed by atoms with E-state index < -0.39 is 0 Å². The van der Waals surface area contributed by atoms with Gasteiger partial charge in [-0.1, -0.05) is 90.3 Å². The first-order valence-corrected chi connectivity index (χ1v) is 14.5. The summed E-state index contributed by atoms with van der Waals surface area (Å²) in [6.07, 6.45) is 1.77. The molecule has 45 heavy (non-hydrogen) atoms. The fourth-order valence-electron chi connectivity index (χ4n) is 5.66. The monoisotopic (exact) mass is 758 g/mol. The van der Waals surface area contributed by atoms with E-state index in [1.54, 1.807) is 6.20 Å². The second-order valence-corrected chi connectivity index (χ2v) is 10.5. The number of rotatable bonds is 6. The minimum atomic E-state index is 0. The van der Waals surface area contributed by atoms with Gasteiger partial charge in [-0.15, -0.1) is 18.2 Å². The van der Waals surface area contributed by atoms with Gasteiger partial charge in [0.2, 0.25) is 5.88 Å². The van der Waals surface area contributed by atoms with Crippen molar-refractivity contribution in [3.8, 4) is 51.0 Å². The predicted molar refractivity (Wildman–Crippen MR) is 177 cm³/mol. The molecule has 0 saturated heterocycles. The van der Waals surface area contributed by atoms with Crippen LogP contribution in [-0.2, 0) is 21.1 Å². The van der Waals surface area contributed by atoms with E-state index in [1.807, 2.05) is 72.8 Å². The first-order valence-electron chi connectivity index (χ1n) is 14.5. The normalized spacial score (nSPS) is 10.9. The van der Waals surface area contributed by atoms with Gasteiger partial charge in [-0.25, -0.2) is 21.1 Å². The van der Waals surface area contributed by atoms with Crippen LogP contribution >= 0.6 is 0 Å². The Hall–Kier alpha value is -5.31. The average Bonchev–Trinajstić information content (AvgIpc) is 3.43. The predicted octanol–water partition coefficient (Wildman–Crippen LogP) is 9.96. The third-order valence-electron chi connectivity index (χ3n) is 7.73. The molecule has 3 aromatic heterocycles. The van der Waals surface area contributed by atoms with Crippen LogP contribution in [0.1, 0.15) is 0 Å². The van der Waals surface area contributed by atoms with Crippen LogP contribution in [0.15, 0.2) is 152 Å². The van der Waals surface area contributed by atoms with Gasteiger partial charge in [0.05, 0.1) is 5.69 Å². The Kier molecular flexibility index (Phi) is 7.81. The summed E-state index contributed by atoms with van der Waals surface area (Å²) in [4.78, 5) is 9.53. The molecule has 4 nitrogen and oxygen atoms in total. The molecule has 0 bridgehead atoms. The van der Waals surface area contributed by atoms with Crippen molar-refractivity contribution in [2.75, 3.05) is 0 Å². The largest absolute Gasteiger partial charge is 2.00 e. The maximum atomic E-state index is 6.19. The summed E-state index contributed by atoms with van der Waals surface area (Å²) in [7, 11) is 0. The summed E-state index contributed by atoms with van der Waals surface area (Å²) in [5.41, 5.74) is 7.99. The van der Waals surface area contributed by atoms with Gasteiger partial charge in [0, 0.05) is 29.1 Å². The molecule has 0 aliphatic rings. The quantitative estimate of drug-likeness (QED) is 0.159. The maximum Gasteiger partial charge on any atom is 2.00 e. The molecule has 8 aromatic rings. The molecule has 0 radical (unpaired) electrons. The number of pyridine rings is 2. The number of hydrogen-bond acceptors (Lipinski definition) is 3. The van der Waals surface area contributed by atoms with E-state index >= 15 is 0 Å². The van der Waals surface area contributed by atoms with Crippen molar-refractivity contribution in [3.63, 3.8) is 0 Å². The molecule has 8 rings (SSSR count). The van der Waals surface area contributed by atoms with Crippen molar-refractivity contribution >= 4 is 21.8 Å². The van der Waals surface area contributed by atoms with Crippen LogP contribution in [0, 0.1) is 12.1 Å². The van der Waals surface area contributed by atoms with Crippen molar-refractivity contribution in [1.82, 2.24) is 14.5 Å². The van der Waals surface area contributed by atoms with Gasteiger partial charge in [-0.3, -0.25) is 0 Å². The molecule has 3 heterocycles. The van der Waals surface area contributed by atoms with Crippen molar-refractivity contribution in [2.45, 2.75) is 0 Å². The van der Waals surface area contributed by atoms with E-state index in [-0.39, 0.29) is 21.1 Å². The molecule has 5 heteroatoms. The van der Waals surface area contributed by atoms with Crippen LogP contribution in [-0.4, -0.2) is 14.5 Å².